The van der Waals surface area contributed by atoms with E-state index >= 15 is 0 Å². The van der Waals surface area contributed by atoms with Gasteiger partial charge in [-0.2, -0.15) is 0 Å². The van der Waals surface area contributed by atoms with Gasteiger partial charge in [-0.25, -0.2) is 0 Å². The fourth-order valence-corrected chi connectivity index (χ4v) is 3.49. The number of ether oxygens (including phenoxy) is 2. The molecule has 0 saturated carbocycles. The average molecular weight is 397 g/mol. The first kappa shape index (κ1) is 19.7. The van der Waals surface area contributed by atoms with Crippen LogP contribution in [0, 0.1) is 6.92 Å². The predicted octanol–water partition coefficient (Wildman–Crippen LogP) is 3.78. The monoisotopic (exact) mass is 397 g/mol. The van der Waals surface area contributed by atoms with Crippen LogP contribution in [0.3, 0.4) is 0 Å². The number of amides is 2. The topological polar surface area (TPSA) is 72.9 Å². The van der Waals surface area contributed by atoms with Gasteiger partial charge >= 0.3 is 5.97 Å². The number of hydrogen-bond donors (Lipinski definition) is 0. The Hall–Kier alpha value is -3.06. The van der Waals surface area contributed by atoms with Gasteiger partial charge in [-0.15, -0.1) is 0 Å². The fourth-order valence-electron chi connectivity index (χ4n) is 2.67. The van der Waals surface area contributed by atoms with Crippen LogP contribution < -0.4 is 4.74 Å². The first-order chi connectivity index (χ1) is 13.5. The van der Waals surface area contributed by atoms with E-state index in [-0.39, 0.29) is 4.91 Å². The SMILES string of the molecule is COC(=O)CN1C(=O)SC(=Cc2ccccc2OCc2cccc(C)c2)C1=O. The van der Waals surface area contributed by atoms with Crippen molar-refractivity contribution in [3.8, 4) is 5.75 Å². The lowest BCUT2D eigenvalue weighted by Crippen LogP contribution is -2.34. The van der Waals surface area contributed by atoms with Gasteiger partial charge in [-0.1, -0.05) is 48.0 Å². The number of benzene rings is 2. The highest BCUT2D eigenvalue weighted by molar-refractivity contribution is 8.18. The van der Waals surface area contributed by atoms with Crippen molar-refractivity contribution < 1.29 is 23.9 Å². The van der Waals surface area contributed by atoms with Crippen molar-refractivity contribution in [3.63, 3.8) is 0 Å². The lowest BCUT2D eigenvalue weighted by atomic mass is 10.1. The molecule has 6 nitrogen and oxygen atoms in total. The van der Waals surface area contributed by atoms with E-state index in [4.69, 9.17) is 4.74 Å². The molecular weight excluding hydrogens is 378 g/mol. The molecule has 7 heteroatoms. The van der Waals surface area contributed by atoms with E-state index < -0.39 is 23.7 Å². The predicted molar refractivity (Wildman–Crippen MR) is 107 cm³/mol. The van der Waals surface area contributed by atoms with Crippen molar-refractivity contribution in [1.82, 2.24) is 4.90 Å². The molecule has 1 fully saturated rings. The maximum atomic E-state index is 12.5. The number of aryl methyl sites for hydroxylation is 1. The van der Waals surface area contributed by atoms with Crippen LogP contribution in [0.25, 0.3) is 6.08 Å². The summed E-state index contributed by atoms with van der Waals surface area (Å²) in [6.45, 7) is 2.00. The number of imide groups is 1. The van der Waals surface area contributed by atoms with Crippen molar-refractivity contribution in [2.75, 3.05) is 13.7 Å². The molecule has 1 aliphatic heterocycles. The molecule has 2 aromatic carbocycles. The molecule has 1 heterocycles. The molecule has 0 bridgehead atoms. The molecule has 0 aromatic heterocycles. The normalized spacial score (nSPS) is 15.2. The zero-order valence-corrected chi connectivity index (χ0v) is 16.3. The minimum atomic E-state index is -0.648. The third kappa shape index (κ3) is 4.61. The van der Waals surface area contributed by atoms with E-state index in [0.717, 1.165) is 27.8 Å². The van der Waals surface area contributed by atoms with Gasteiger partial charge in [-0.05, 0) is 36.4 Å². The molecule has 0 spiro atoms. The summed E-state index contributed by atoms with van der Waals surface area (Å²) >= 11 is 0.789. The summed E-state index contributed by atoms with van der Waals surface area (Å²) in [5.41, 5.74) is 2.86. The first-order valence-electron chi connectivity index (χ1n) is 8.57. The molecule has 0 N–H and O–H groups in total. The molecule has 1 aliphatic rings. The lowest BCUT2D eigenvalue weighted by Gasteiger charge is -2.11. The molecule has 1 saturated heterocycles. The van der Waals surface area contributed by atoms with Crippen molar-refractivity contribution in [3.05, 3.63) is 70.1 Å². The summed E-state index contributed by atoms with van der Waals surface area (Å²) in [6, 6.07) is 15.3. The Bertz CT molecular complexity index is 953. The van der Waals surface area contributed by atoms with Gasteiger partial charge in [0.15, 0.2) is 0 Å². The molecule has 0 unspecified atom stereocenters. The van der Waals surface area contributed by atoms with Crippen LogP contribution in [0.5, 0.6) is 5.75 Å². The molecule has 2 amide bonds. The van der Waals surface area contributed by atoms with Crippen LogP contribution in [0.2, 0.25) is 0 Å². The van der Waals surface area contributed by atoms with E-state index in [0.29, 0.717) is 17.9 Å². The van der Waals surface area contributed by atoms with Crippen molar-refractivity contribution in [2.24, 2.45) is 0 Å². The maximum Gasteiger partial charge on any atom is 0.325 e. The Morgan fingerprint density at radius 3 is 2.68 bits per heavy atom. The molecule has 28 heavy (non-hydrogen) atoms. The van der Waals surface area contributed by atoms with Crippen molar-refractivity contribution in [2.45, 2.75) is 13.5 Å². The number of nitrogens with zero attached hydrogens (tertiary/aromatic N) is 1. The van der Waals surface area contributed by atoms with E-state index in [9.17, 15) is 14.4 Å². The third-order valence-electron chi connectivity index (χ3n) is 4.07. The molecule has 2 aromatic rings. The minimum Gasteiger partial charge on any atom is -0.488 e. The minimum absolute atomic E-state index is 0.237. The summed E-state index contributed by atoms with van der Waals surface area (Å²) < 4.78 is 10.5. The summed E-state index contributed by atoms with van der Waals surface area (Å²) in [7, 11) is 1.21. The highest BCUT2D eigenvalue weighted by atomic mass is 32.2. The second-order valence-electron chi connectivity index (χ2n) is 6.16. The van der Waals surface area contributed by atoms with E-state index in [2.05, 4.69) is 4.74 Å². The highest BCUT2D eigenvalue weighted by Crippen LogP contribution is 2.34. The van der Waals surface area contributed by atoms with Crippen LogP contribution in [-0.4, -0.2) is 35.7 Å². The Kier molecular flexibility index (Phi) is 6.16. The van der Waals surface area contributed by atoms with Gasteiger partial charge in [0.1, 0.15) is 18.9 Å². The van der Waals surface area contributed by atoms with Crippen molar-refractivity contribution >= 4 is 35.0 Å². The Morgan fingerprint density at radius 1 is 1.14 bits per heavy atom. The smallest absolute Gasteiger partial charge is 0.325 e. The van der Waals surface area contributed by atoms with Crippen LogP contribution >= 0.6 is 11.8 Å². The number of para-hydroxylation sites is 1. The molecule has 0 aliphatic carbocycles. The van der Waals surface area contributed by atoms with Gasteiger partial charge in [-0.3, -0.25) is 19.3 Å². The van der Waals surface area contributed by atoms with Crippen molar-refractivity contribution in [1.29, 1.82) is 0 Å². The van der Waals surface area contributed by atoms with Gasteiger partial charge in [0, 0.05) is 5.56 Å². The number of rotatable bonds is 6. The number of thioether (sulfide) groups is 1. The summed E-state index contributed by atoms with van der Waals surface area (Å²) in [5.74, 6) is -0.567. The van der Waals surface area contributed by atoms with Crippen LogP contribution in [-0.2, 0) is 20.9 Å². The highest BCUT2D eigenvalue weighted by Gasteiger charge is 2.36. The van der Waals surface area contributed by atoms with Gasteiger partial charge < -0.3 is 9.47 Å². The quantitative estimate of drug-likeness (QED) is 0.546. The average Bonchev–Trinajstić information content (AvgIpc) is 2.94. The molecule has 0 atom stereocenters. The Labute approximate surface area is 167 Å². The van der Waals surface area contributed by atoms with E-state index in [1.54, 1.807) is 18.2 Å². The van der Waals surface area contributed by atoms with Crippen LogP contribution in [0.1, 0.15) is 16.7 Å². The van der Waals surface area contributed by atoms with Crippen LogP contribution in [0.15, 0.2) is 53.4 Å². The number of hydrogen-bond acceptors (Lipinski definition) is 6. The zero-order chi connectivity index (χ0) is 20.1. The summed E-state index contributed by atoms with van der Waals surface area (Å²) in [6.07, 6.45) is 1.60. The third-order valence-corrected chi connectivity index (χ3v) is 4.98. The standard InChI is InChI=1S/C21H19NO5S/c1-14-6-5-7-15(10-14)13-27-17-9-4-3-8-16(17)11-18-20(24)22(21(25)28-18)12-19(23)26-2/h3-11H,12-13H2,1-2H3. The largest absolute Gasteiger partial charge is 0.488 e. The summed E-state index contributed by atoms with van der Waals surface area (Å²) in [4.78, 5) is 37.0. The Balaban J connectivity index is 1.78. The lowest BCUT2D eigenvalue weighted by molar-refractivity contribution is -0.143. The maximum absolute atomic E-state index is 12.5. The number of carbonyl (C=O) groups is 3. The second kappa shape index (κ2) is 8.75. The van der Waals surface area contributed by atoms with Gasteiger partial charge in [0.2, 0.25) is 0 Å². The molecule has 144 valence electrons. The number of methoxy groups -OCH3 is 1. The van der Waals surface area contributed by atoms with Crippen LogP contribution in [0.4, 0.5) is 4.79 Å². The number of esters is 1. The molecular formula is C21H19NO5S. The molecule has 0 radical (unpaired) electrons. The summed E-state index contributed by atoms with van der Waals surface area (Å²) in [5, 5.41) is -0.500. The zero-order valence-electron chi connectivity index (χ0n) is 15.5. The number of carbonyl (C=O) groups excluding carboxylic acids is 3. The Morgan fingerprint density at radius 2 is 1.93 bits per heavy atom. The van der Waals surface area contributed by atoms with E-state index in [1.807, 2.05) is 43.3 Å². The molecule has 3 rings (SSSR count). The second-order valence-corrected chi connectivity index (χ2v) is 7.15. The van der Waals surface area contributed by atoms with Gasteiger partial charge in [0.25, 0.3) is 11.1 Å². The van der Waals surface area contributed by atoms with E-state index in [1.165, 1.54) is 7.11 Å². The fraction of sp³-hybridized carbons (Fsp3) is 0.190. The first-order valence-corrected chi connectivity index (χ1v) is 9.39. The van der Waals surface area contributed by atoms with Gasteiger partial charge in [0.05, 0.1) is 12.0 Å².